The van der Waals surface area contributed by atoms with Crippen molar-refractivity contribution >= 4 is 39.3 Å². The lowest BCUT2D eigenvalue weighted by Crippen LogP contribution is -2.46. The maximum Gasteiger partial charge on any atom is 0.255 e. The molecule has 0 spiro atoms. The van der Waals surface area contributed by atoms with Gasteiger partial charge in [-0.15, -0.1) is 0 Å². The summed E-state index contributed by atoms with van der Waals surface area (Å²) < 4.78 is 26.9. The summed E-state index contributed by atoms with van der Waals surface area (Å²) in [6.07, 6.45) is 0. The zero-order chi connectivity index (χ0) is 26.4. The minimum Gasteiger partial charge on any atom is -0.324 e. The second-order valence-corrected chi connectivity index (χ2v) is 11.7. The third kappa shape index (κ3) is 6.06. The van der Waals surface area contributed by atoms with Gasteiger partial charge in [0.25, 0.3) is 5.91 Å². The number of nitrogens with one attached hydrogen (secondary N) is 1. The Hall–Kier alpha value is -3.14. The topological polar surface area (TPSA) is 86.8 Å². The van der Waals surface area contributed by atoms with Crippen LogP contribution in [0.1, 0.15) is 35.3 Å². The zero-order valence-electron chi connectivity index (χ0n) is 21.0. The van der Waals surface area contributed by atoms with Crippen molar-refractivity contribution in [3.05, 3.63) is 95.6 Å². The molecule has 9 heteroatoms. The van der Waals surface area contributed by atoms with Gasteiger partial charge in [0.05, 0.1) is 4.90 Å². The number of anilines is 1. The van der Waals surface area contributed by atoms with Crippen molar-refractivity contribution in [1.29, 1.82) is 0 Å². The Morgan fingerprint density at radius 2 is 1.62 bits per heavy atom. The minimum absolute atomic E-state index is 0.156. The fraction of sp³-hybridized carbons (Fsp3) is 0.286. The van der Waals surface area contributed by atoms with Crippen molar-refractivity contribution in [1.82, 2.24) is 9.21 Å². The van der Waals surface area contributed by atoms with E-state index in [9.17, 15) is 18.0 Å². The van der Waals surface area contributed by atoms with Crippen LogP contribution in [0.2, 0.25) is 0 Å². The molecule has 3 aromatic carbocycles. The van der Waals surface area contributed by atoms with Crippen molar-refractivity contribution in [3.63, 3.8) is 0 Å². The molecular weight excluding hydrogens is 506 g/mol. The van der Waals surface area contributed by atoms with Crippen LogP contribution < -0.4 is 5.32 Å². The quantitative estimate of drug-likeness (QED) is 0.386. The molecule has 0 unspecified atom stereocenters. The Morgan fingerprint density at radius 3 is 2.27 bits per heavy atom. The first kappa shape index (κ1) is 26.9. The van der Waals surface area contributed by atoms with E-state index in [2.05, 4.69) is 5.32 Å². The number of carbonyl (C=O) groups is 2. The maximum absolute atomic E-state index is 13.5. The highest BCUT2D eigenvalue weighted by atomic mass is 32.2. The second-order valence-electron chi connectivity index (χ2n) is 8.71. The van der Waals surface area contributed by atoms with Crippen molar-refractivity contribution in [2.24, 2.45) is 0 Å². The van der Waals surface area contributed by atoms with Crippen LogP contribution in [0.5, 0.6) is 0 Å². The van der Waals surface area contributed by atoms with E-state index in [1.54, 1.807) is 48.7 Å². The third-order valence-electron chi connectivity index (χ3n) is 6.38. The van der Waals surface area contributed by atoms with Gasteiger partial charge in [-0.3, -0.25) is 9.59 Å². The van der Waals surface area contributed by atoms with E-state index in [-0.39, 0.29) is 16.7 Å². The van der Waals surface area contributed by atoms with E-state index in [0.29, 0.717) is 36.6 Å². The lowest BCUT2D eigenvalue weighted by Gasteiger charge is -2.27. The maximum atomic E-state index is 13.5. The van der Waals surface area contributed by atoms with Crippen molar-refractivity contribution in [3.8, 4) is 0 Å². The van der Waals surface area contributed by atoms with Gasteiger partial charge in [0.2, 0.25) is 15.9 Å². The van der Waals surface area contributed by atoms with Crippen LogP contribution in [-0.2, 0) is 27.1 Å². The standard InChI is InChI=1S/C28H31N3O4S2/c1-3-30(4-2)37(34,35)24-16-14-23(15-17-24)29-27(32)26(20-36-19-21-10-6-5-7-11-21)31-18-22-12-8-9-13-25(22)28(31)33/h5-17,26H,3-4,18-20H2,1-2H3,(H,29,32)/t26-/m0/s1. The normalized spacial score (nSPS) is 14.0. The number of hydrogen-bond donors (Lipinski definition) is 1. The van der Waals surface area contributed by atoms with Crippen LogP contribution in [0, 0.1) is 0 Å². The SMILES string of the molecule is CCN(CC)S(=O)(=O)c1ccc(NC(=O)[C@H](CSCc2ccccc2)N2Cc3ccccc3C2=O)cc1. The molecule has 7 nitrogen and oxygen atoms in total. The molecule has 1 N–H and O–H groups in total. The summed E-state index contributed by atoms with van der Waals surface area (Å²) in [5.41, 5.74) is 3.15. The molecule has 1 atom stereocenters. The molecule has 1 heterocycles. The van der Waals surface area contributed by atoms with E-state index in [0.717, 1.165) is 16.9 Å². The van der Waals surface area contributed by atoms with Crippen LogP contribution >= 0.6 is 11.8 Å². The summed E-state index contributed by atoms with van der Waals surface area (Å²) in [6.45, 7) is 4.73. The lowest BCUT2D eigenvalue weighted by atomic mass is 10.1. The average Bonchev–Trinajstić information content (AvgIpc) is 3.24. The Balaban J connectivity index is 1.51. The molecule has 1 aliphatic rings. The Bertz CT molecular complexity index is 1340. The van der Waals surface area contributed by atoms with Crippen LogP contribution in [0.25, 0.3) is 0 Å². The first-order valence-electron chi connectivity index (χ1n) is 12.3. The molecule has 0 radical (unpaired) electrons. The van der Waals surface area contributed by atoms with E-state index < -0.39 is 16.1 Å². The molecule has 0 aliphatic carbocycles. The van der Waals surface area contributed by atoms with Gasteiger partial charge >= 0.3 is 0 Å². The van der Waals surface area contributed by atoms with Crippen molar-refractivity contribution in [2.45, 2.75) is 37.1 Å². The van der Waals surface area contributed by atoms with Gasteiger partial charge in [0, 0.05) is 42.4 Å². The summed E-state index contributed by atoms with van der Waals surface area (Å²) in [5, 5.41) is 2.90. The Kier molecular flexibility index (Phi) is 8.68. The lowest BCUT2D eigenvalue weighted by molar-refractivity contribution is -0.119. The van der Waals surface area contributed by atoms with Crippen molar-refractivity contribution < 1.29 is 18.0 Å². The van der Waals surface area contributed by atoms with E-state index in [1.165, 1.54) is 16.4 Å². The number of hydrogen-bond acceptors (Lipinski definition) is 5. The molecule has 0 bridgehead atoms. The summed E-state index contributed by atoms with van der Waals surface area (Å²) >= 11 is 1.60. The number of carbonyl (C=O) groups excluding carboxylic acids is 2. The molecule has 1 aliphatic heterocycles. The van der Waals surface area contributed by atoms with E-state index >= 15 is 0 Å². The van der Waals surface area contributed by atoms with Gasteiger partial charge in [0.1, 0.15) is 6.04 Å². The summed E-state index contributed by atoms with van der Waals surface area (Å²) in [5.74, 6) is 0.685. The number of thioether (sulfide) groups is 1. The third-order valence-corrected chi connectivity index (χ3v) is 9.53. The molecule has 2 amide bonds. The van der Waals surface area contributed by atoms with Crippen LogP contribution in [0.4, 0.5) is 5.69 Å². The Morgan fingerprint density at radius 1 is 0.973 bits per heavy atom. The van der Waals surface area contributed by atoms with E-state index in [1.807, 2.05) is 48.5 Å². The molecule has 194 valence electrons. The highest BCUT2D eigenvalue weighted by Gasteiger charge is 2.36. The minimum atomic E-state index is -3.59. The van der Waals surface area contributed by atoms with Gasteiger partial charge in [-0.1, -0.05) is 62.4 Å². The average molecular weight is 538 g/mol. The van der Waals surface area contributed by atoms with Crippen molar-refractivity contribution in [2.75, 3.05) is 24.2 Å². The fourth-order valence-corrected chi connectivity index (χ4v) is 6.91. The molecule has 3 aromatic rings. The predicted molar refractivity (Wildman–Crippen MR) is 148 cm³/mol. The summed E-state index contributed by atoms with van der Waals surface area (Å²) in [4.78, 5) is 28.4. The number of sulfonamides is 1. The molecule has 0 saturated heterocycles. The molecule has 0 fully saturated rings. The highest BCUT2D eigenvalue weighted by molar-refractivity contribution is 7.98. The first-order valence-corrected chi connectivity index (χ1v) is 14.9. The summed E-state index contributed by atoms with van der Waals surface area (Å²) in [6, 6.07) is 22.9. The van der Waals surface area contributed by atoms with Gasteiger partial charge < -0.3 is 10.2 Å². The molecule has 0 aromatic heterocycles. The number of nitrogens with zero attached hydrogens (tertiary/aromatic N) is 2. The second kappa shape index (κ2) is 11.9. The highest BCUT2D eigenvalue weighted by Crippen LogP contribution is 2.27. The predicted octanol–water partition coefficient (Wildman–Crippen LogP) is 4.61. The smallest absolute Gasteiger partial charge is 0.255 e. The van der Waals surface area contributed by atoms with E-state index in [4.69, 9.17) is 0 Å². The molecule has 4 rings (SSSR count). The Labute approximate surface area is 222 Å². The fourth-order valence-electron chi connectivity index (χ4n) is 4.35. The van der Waals surface area contributed by atoms with Crippen LogP contribution in [0.3, 0.4) is 0 Å². The van der Waals surface area contributed by atoms with Crippen LogP contribution in [-0.4, -0.2) is 54.3 Å². The molecule has 0 saturated carbocycles. The van der Waals surface area contributed by atoms with Crippen LogP contribution in [0.15, 0.2) is 83.8 Å². The van der Waals surface area contributed by atoms with Gasteiger partial charge in [-0.05, 0) is 41.5 Å². The molecular formula is C28H31N3O4S2. The first-order chi connectivity index (χ1) is 17.8. The van der Waals surface area contributed by atoms with Gasteiger partial charge in [-0.25, -0.2) is 8.42 Å². The number of rotatable bonds is 11. The van der Waals surface area contributed by atoms with Gasteiger partial charge in [0.15, 0.2) is 0 Å². The monoisotopic (exact) mass is 537 g/mol. The number of amides is 2. The molecule has 37 heavy (non-hydrogen) atoms. The summed E-state index contributed by atoms with van der Waals surface area (Å²) in [7, 11) is -3.59. The van der Waals surface area contributed by atoms with Gasteiger partial charge in [-0.2, -0.15) is 16.1 Å². The largest absolute Gasteiger partial charge is 0.324 e. The number of fused-ring (bicyclic) bond motifs is 1. The number of benzene rings is 3. The zero-order valence-corrected chi connectivity index (χ0v) is 22.6.